The molecule has 21 heavy (non-hydrogen) atoms. The quantitative estimate of drug-likeness (QED) is 0.822. The van der Waals surface area contributed by atoms with Crippen LogP contribution in [-0.2, 0) is 4.79 Å². The Morgan fingerprint density at radius 2 is 1.95 bits per heavy atom. The molecule has 2 rings (SSSR count). The maximum atomic E-state index is 12.3. The Morgan fingerprint density at radius 1 is 1.29 bits per heavy atom. The highest BCUT2D eigenvalue weighted by atomic mass is 16.4. The molecular weight excluding hydrogens is 270 g/mol. The van der Waals surface area contributed by atoms with Crippen molar-refractivity contribution < 1.29 is 14.7 Å². The van der Waals surface area contributed by atoms with E-state index in [0.717, 1.165) is 19.6 Å². The number of amides is 2. The highest BCUT2D eigenvalue weighted by molar-refractivity contribution is 5.76. The minimum absolute atomic E-state index is 0.0150. The van der Waals surface area contributed by atoms with Gasteiger partial charge in [0.2, 0.25) is 0 Å². The molecule has 3 unspecified atom stereocenters. The minimum atomic E-state index is -0.746. The Hall–Kier alpha value is -1.30. The second-order valence-electron chi connectivity index (χ2n) is 6.46. The molecule has 0 bridgehead atoms. The number of aliphatic carboxylic acids is 1. The summed E-state index contributed by atoms with van der Waals surface area (Å²) in [6, 6.07) is 0.0527. The van der Waals surface area contributed by atoms with Crippen molar-refractivity contribution in [2.45, 2.75) is 51.6 Å². The standard InChI is InChI=1S/C15H27N3O3/c1-11(10-17-6-3-4-7-17)16-15(21)18-8-5-13(14(19)20)9-12(18)2/h11-13H,3-10H2,1-2H3,(H,16,21)(H,19,20). The van der Waals surface area contributed by atoms with E-state index < -0.39 is 5.97 Å². The molecule has 6 heteroatoms. The molecule has 2 N–H and O–H groups in total. The Kier molecular flexibility index (Phi) is 5.45. The lowest BCUT2D eigenvalue weighted by Crippen LogP contribution is -2.53. The van der Waals surface area contributed by atoms with Gasteiger partial charge in [0, 0.05) is 25.2 Å². The number of carbonyl (C=O) groups is 2. The molecule has 2 heterocycles. The molecule has 2 aliphatic rings. The van der Waals surface area contributed by atoms with E-state index in [1.807, 2.05) is 13.8 Å². The first-order valence-electron chi connectivity index (χ1n) is 7.99. The average Bonchev–Trinajstić information content (AvgIpc) is 2.90. The van der Waals surface area contributed by atoms with Crippen LogP contribution < -0.4 is 5.32 Å². The molecular formula is C15H27N3O3. The largest absolute Gasteiger partial charge is 0.481 e. The Balaban J connectivity index is 1.78. The summed E-state index contributed by atoms with van der Waals surface area (Å²) in [4.78, 5) is 27.5. The van der Waals surface area contributed by atoms with Gasteiger partial charge in [-0.05, 0) is 52.6 Å². The van der Waals surface area contributed by atoms with E-state index in [1.54, 1.807) is 4.90 Å². The molecule has 0 aromatic rings. The molecule has 0 aromatic heterocycles. The maximum absolute atomic E-state index is 12.3. The van der Waals surface area contributed by atoms with Crippen molar-refractivity contribution in [1.82, 2.24) is 15.1 Å². The van der Waals surface area contributed by atoms with E-state index in [2.05, 4.69) is 10.2 Å². The Morgan fingerprint density at radius 3 is 2.52 bits per heavy atom. The van der Waals surface area contributed by atoms with Gasteiger partial charge in [0.1, 0.15) is 0 Å². The summed E-state index contributed by atoms with van der Waals surface area (Å²) >= 11 is 0. The average molecular weight is 297 g/mol. The zero-order valence-electron chi connectivity index (χ0n) is 13.0. The molecule has 0 spiro atoms. The van der Waals surface area contributed by atoms with Crippen molar-refractivity contribution in [3.05, 3.63) is 0 Å². The van der Waals surface area contributed by atoms with Gasteiger partial charge in [0.05, 0.1) is 5.92 Å². The molecule has 0 aromatic carbocycles. The third-order valence-corrected chi connectivity index (χ3v) is 4.59. The van der Waals surface area contributed by atoms with Crippen LogP contribution in [-0.4, -0.2) is 65.2 Å². The number of carboxylic acids is 1. The molecule has 6 nitrogen and oxygen atoms in total. The van der Waals surface area contributed by atoms with Gasteiger partial charge in [-0.15, -0.1) is 0 Å². The molecule has 0 radical (unpaired) electrons. The van der Waals surface area contributed by atoms with E-state index in [9.17, 15) is 9.59 Å². The van der Waals surface area contributed by atoms with Crippen LogP contribution in [0.2, 0.25) is 0 Å². The molecule has 0 saturated carbocycles. The molecule has 120 valence electrons. The second-order valence-corrected chi connectivity index (χ2v) is 6.46. The lowest BCUT2D eigenvalue weighted by Gasteiger charge is -2.37. The van der Waals surface area contributed by atoms with Crippen LogP contribution in [0, 0.1) is 5.92 Å². The zero-order chi connectivity index (χ0) is 15.4. The van der Waals surface area contributed by atoms with E-state index in [1.165, 1.54) is 12.8 Å². The summed E-state index contributed by atoms with van der Waals surface area (Å²) in [5, 5.41) is 12.1. The normalized spacial score (nSPS) is 28.4. The van der Waals surface area contributed by atoms with E-state index in [4.69, 9.17) is 5.11 Å². The highest BCUT2D eigenvalue weighted by Gasteiger charge is 2.32. The van der Waals surface area contributed by atoms with Crippen molar-refractivity contribution in [3.8, 4) is 0 Å². The van der Waals surface area contributed by atoms with E-state index in [0.29, 0.717) is 19.4 Å². The van der Waals surface area contributed by atoms with Gasteiger partial charge < -0.3 is 20.2 Å². The molecule has 2 saturated heterocycles. The van der Waals surface area contributed by atoms with Crippen LogP contribution in [0.3, 0.4) is 0 Å². The predicted octanol–water partition coefficient (Wildman–Crippen LogP) is 1.37. The van der Waals surface area contributed by atoms with Gasteiger partial charge in [-0.25, -0.2) is 4.79 Å². The van der Waals surface area contributed by atoms with Crippen LogP contribution in [0.5, 0.6) is 0 Å². The fourth-order valence-electron chi connectivity index (χ4n) is 3.39. The second kappa shape index (κ2) is 7.11. The van der Waals surface area contributed by atoms with Crippen LogP contribution >= 0.6 is 0 Å². The van der Waals surface area contributed by atoms with E-state index in [-0.39, 0.29) is 24.0 Å². The van der Waals surface area contributed by atoms with Gasteiger partial charge in [0.25, 0.3) is 0 Å². The molecule has 2 aliphatic heterocycles. The number of nitrogens with zero attached hydrogens (tertiary/aromatic N) is 2. The van der Waals surface area contributed by atoms with Crippen LogP contribution in [0.25, 0.3) is 0 Å². The minimum Gasteiger partial charge on any atom is -0.481 e. The number of likely N-dealkylation sites (tertiary alicyclic amines) is 2. The monoisotopic (exact) mass is 297 g/mol. The number of hydrogen-bond donors (Lipinski definition) is 2. The van der Waals surface area contributed by atoms with Crippen LogP contribution in [0.1, 0.15) is 39.5 Å². The Labute approximate surface area is 126 Å². The third-order valence-electron chi connectivity index (χ3n) is 4.59. The van der Waals surface area contributed by atoms with Crippen LogP contribution in [0.15, 0.2) is 0 Å². The van der Waals surface area contributed by atoms with Gasteiger partial charge in [-0.1, -0.05) is 0 Å². The molecule has 0 aliphatic carbocycles. The van der Waals surface area contributed by atoms with Crippen molar-refractivity contribution in [1.29, 1.82) is 0 Å². The SMILES string of the molecule is CC(CN1CCCC1)NC(=O)N1CCC(C(=O)O)CC1C. The highest BCUT2D eigenvalue weighted by Crippen LogP contribution is 2.23. The van der Waals surface area contributed by atoms with Gasteiger partial charge in [-0.3, -0.25) is 4.79 Å². The fraction of sp³-hybridized carbons (Fsp3) is 0.867. The first-order chi connectivity index (χ1) is 9.97. The molecule has 3 atom stereocenters. The van der Waals surface area contributed by atoms with Crippen molar-refractivity contribution in [2.24, 2.45) is 5.92 Å². The molecule has 2 amide bonds. The van der Waals surface area contributed by atoms with Crippen LogP contribution in [0.4, 0.5) is 4.79 Å². The number of carboxylic acid groups (broad SMARTS) is 1. The number of urea groups is 1. The first-order valence-corrected chi connectivity index (χ1v) is 7.99. The summed E-state index contributed by atoms with van der Waals surface area (Å²) in [6.45, 7) is 7.64. The number of hydrogen-bond acceptors (Lipinski definition) is 3. The predicted molar refractivity (Wildman–Crippen MR) is 80.2 cm³/mol. The lowest BCUT2D eigenvalue weighted by atomic mass is 9.92. The Bertz CT molecular complexity index is 382. The summed E-state index contributed by atoms with van der Waals surface area (Å²) in [5.74, 6) is -1.06. The smallest absolute Gasteiger partial charge is 0.317 e. The number of nitrogens with one attached hydrogen (secondary N) is 1. The lowest BCUT2D eigenvalue weighted by molar-refractivity contribution is -0.143. The first kappa shape index (κ1) is 16.1. The molecule has 2 fully saturated rings. The topological polar surface area (TPSA) is 72.9 Å². The fourth-order valence-corrected chi connectivity index (χ4v) is 3.39. The maximum Gasteiger partial charge on any atom is 0.317 e. The zero-order valence-corrected chi connectivity index (χ0v) is 13.0. The van der Waals surface area contributed by atoms with Crippen molar-refractivity contribution in [2.75, 3.05) is 26.2 Å². The van der Waals surface area contributed by atoms with Gasteiger partial charge in [-0.2, -0.15) is 0 Å². The van der Waals surface area contributed by atoms with E-state index >= 15 is 0 Å². The number of rotatable bonds is 4. The van der Waals surface area contributed by atoms with Gasteiger partial charge >= 0.3 is 12.0 Å². The van der Waals surface area contributed by atoms with Crippen molar-refractivity contribution in [3.63, 3.8) is 0 Å². The van der Waals surface area contributed by atoms with Gasteiger partial charge in [0.15, 0.2) is 0 Å². The third kappa shape index (κ3) is 4.33. The summed E-state index contributed by atoms with van der Waals surface area (Å²) in [5.41, 5.74) is 0. The summed E-state index contributed by atoms with van der Waals surface area (Å²) in [6.07, 6.45) is 3.59. The number of piperidine rings is 1. The summed E-state index contributed by atoms with van der Waals surface area (Å²) in [7, 11) is 0. The summed E-state index contributed by atoms with van der Waals surface area (Å²) < 4.78 is 0. The number of carbonyl (C=O) groups excluding carboxylic acids is 1. The van der Waals surface area contributed by atoms with Crippen molar-refractivity contribution >= 4 is 12.0 Å².